The Morgan fingerprint density at radius 3 is 2.76 bits per heavy atom. The highest BCUT2D eigenvalue weighted by Crippen LogP contribution is 2.19. The van der Waals surface area contributed by atoms with Crippen molar-refractivity contribution >= 4 is 0 Å². The van der Waals surface area contributed by atoms with Crippen LogP contribution in [0.5, 0.6) is 0 Å². The average molecular weight is 243 g/mol. The average Bonchev–Trinajstić information content (AvgIpc) is 2.81. The Labute approximate surface area is 106 Å². The van der Waals surface area contributed by atoms with E-state index in [4.69, 9.17) is 15.2 Å². The van der Waals surface area contributed by atoms with Crippen LogP contribution in [0.25, 0.3) is 0 Å². The maximum Gasteiger partial charge on any atom is 0.0725 e. The van der Waals surface area contributed by atoms with Crippen molar-refractivity contribution in [2.24, 2.45) is 5.73 Å². The Morgan fingerprint density at radius 2 is 2.18 bits per heavy atom. The predicted molar refractivity (Wildman–Crippen MR) is 71.1 cm³/mol. The zero-order valence-electron chi connectivity index (χ0n) is 11.5. The molecule has 1 rings (SSSR count). The van der Waals surface area contributed by atoms with Crippen molar-refractivity contribution < 1.29 is 9.47 Å². The van der Waals surface area contributed by atoms with E-state index >= 15 is 0 Å². The van der Waals surface area contributed by atoms with Gasteiger partial charge in [0.2, 0.25) is 0 Å². The summed E-state index contributed by atoms with van der Waals surface area (Å²) in [5.74, 6) is 0. The quantitative estimate of drug-likeness (QED) is 0.677. The minimum atomic E-state index is 0.191. The lowest BCUT2D eigenvalue weighted by atomic mass is 9.99. The summed E-state index contributed by atoms with van der Waals surface area (Å²) in [5.41, 5.74) is 6.21. The molecular formula is C14H29NO2. The maximum absolute atomic E-state index is 6.21. The number of hydrogen-bond donors (Lipinski definition) is 1. The summed E-state index contributed by atoms with van der Waals surface area (Å²) in [7, 11) is 0. The molecule has 1 heterocycles. The molecule has 0 aromatic carbocycles. The first kappa shape index (κ1) is 14.9. The third kappa shape index (κ3) is 5.84. The van der Waals surface area contributed by atoms with Crippen LogP contribution in [0.3, 0.4) is 0 Å². The van der Waals surface area contributed by atoms with Gasteiger partial charge in [-0.1, -0.05) is 13.3 Å². The molecule has 17 heavy (non-hydrogen) atoms. The zero-order valence-corrected chi connectivity index (χ0v) is 11.5. The molecule has 1 saturated heterocycles. The Morgan fingerprint density at radius 1 is 1.35 bits per heavy atom. The van der Waals surface area contributed by atoms with Gasteiger partial charge in [0.15, 0.2) is 0 Å². The molecule has 0 aromatic heterocycles. The van der Waals surface area contributed by atoms with E-state index in [1.807, 2.05) is 6.92 Å². The monoisotopic (exact) mass is 243 g/mol. The second-order valence-corrected chi connectivity index (χ2v) is 5.01. The van der Waals surface area contributed by atoms with E-state index < -0.39 is 0 Å². The summed E-state index contributed by atoms with van der Waals surface area (Å²) in [4.78, 5) is 0. The molecule has 0 aromatic rings. The number of ether oxygens (including phenoxy) is 2. The van der Waals surface area contributed by atoms with Crippen LogP contribution >= 0.6 is 0 Å². The van der Waals surface area contributed by atoms with Crippen LogP contribution in [0.2, 0.25) is 0 Å². The minimum absolute atomic E-state index is 0.191. The Hall–Kier alpha value is -0.120. The Bertz CT molecular complexity index is 175. The first-order valence-electron chi connectivity index (χ1n) is 7.26. The van der Waals surface area contributed by atoms with E-state index in [1.165, 1.54) is 25.7 Å². The predicted octanol–water partition coefficient (Wildman–Crippen LogP) is 2.87. The highest BCUT2D eigenvalue weighted by Gasteiger charge is 2.19. The topological polar surface area (TPSA) is 44.5 Å². The highest BCUT2D eigenvalue weighted by molar-refractivity contribution is 4.74. The number of nitrogens with two attached hydrogens (primary N) is 1. The van der Waals surface area contributed by atoms with Crippen molar-refractivity contribution in [2.75, 3.05) is 13.2 Å². The molecule has 0 saturated carbocycles. The van der Waals surface area contributed by atoms with Crippen LogP contribution < -0.4 is 5.73 Å². The van der Waals surface area contributed by atoms with E-state index in [-0.39, 0.29) is 12.1 Å². The fourth-order valence-corrected chi connectivity index (χ4v) is 2.56. The molecule has 3 heteroatoms. The summed E-state index contributed by atoms with van der Waals surface area (Å²) in [6.45, 7) is 5.95. The minimum Gasteiger partial charge on any atom is -0.378 e. The van der Waals surface area contributed by atoms with Crippen LogP contribution in [0.4, 0.5) is 0 Å². The van der Waals surface area contributed by atoms with Crippen molar-refractivity contribution in [1.29, 1.82) is 0 Å². The van der Waals surface area contributed by atoms with Gasteiger partial charge in [0.1, 0.15) is 0 Å². The zero-order chi connectivity index (χ0) is 12.5. The molecule has 1 fully saturated rings. The Kier molecular flexibility index (Phi) is 7.82. The highest BCUT2D eigenvalue weighted by atomic mass is 16.5. The van der Waals surface area contributed by atoms with Gasteiger partial charge in [-0.15, -0.1) is 0 Å². The van der Waals surface area contributed by atoms with Gasteiger partial charge in [-0.2, -0.15) is 0 Å². The van der Waals surface area contributed by atoms with Gasteiger partial charge in [0.25, 0.3) is 0 Å². The standard InChI is InChI=1S/C14H29NO2/c1-3-7-14(16-4-2)13(15)10-5-8-12-9-6-11-17-12/h12-14H,3-11,15H2,1-2H3. The Balaban J connectivity index is 2.13. The van der Waals surface area contributed by atoms with E-state index in [9.17, 15) is 0 Å². The summed E-state index contributed by atoms with van der Waals surface area (Å²) in [6.07, 6.45) is 8.82. The van der Waals surface area contributed by atoms with E-state index in [1.54, 1.807) is 0 Å². The van der Waals surface area contributed by atoms with Gasteiger partial charge < -0.3 is 15.2 Å². The van der Waals surface area contributed by atoms with Crippen LogP contribution in [0, 0.1) is 0 Å². The normalized spacial score (nSPS) is 23.8. The third-order valence-corrected chi connectivity index (χ3v) is 3.52. The largest absolute Gasteiger partial charge is 0.378 e. The molecule has 102 valence electrons. The van der Waals surface area contributed by atoms with Gasteiger partial charge in [0, 0.05) is 19.3 Å². The van der Waals surface area contributed by atoms with Gasteiger partial charge in [-0.3, -0.25) is 0 Å². The van der Waals surface area contributed by atoms with Crippen molar-refractivity contribution in [3.63, 3.8) is 0 Å². The first-order chi connectivity index (χ1) is 8.27. The molecule has 0 bridgehead atoms. The van der Waals surface area contributed by atoms with Crippen molar-refractivity contribution in [3.05, 3.63) is 0 Å². The molecule has 0 radical (unpaired) electrons. The fraction of sp³-hybridized carbons (Fsp3) is 1.00. The lowest BCUT2D eigenvalue weighted by Gasteiger charge is -2.23. The molecule has 1 aliphatic rings. The van der Waals surface area contributed by atoms with Crippen molar-refractivity contribution in [3.8, 4) is 0 Å². The number of rotatable bonds is 9. The van der Waals surface area contributed by atoms with Gasteiger partial charge in [-0.05, 0) is 45.4 Å². The summed E-state index contributed by atoms with van der Waals surface area (Å²) in [5, 5.41) is 0. The van der Waals surface area contributed by atoms with Crippen molar-refractivity contribution in [1.82, 2.24) is 0 Å². The second-order valence-electron chi connectivity index (χ2n) is 5.01. The molecule has 3 unspecified atom stereocenters. The first-order valence-corrected chi connectivity index (χ1v) is 7.26. The molecule has 0 amide bonds. The molecule has 0 aliphatic carbocycles. The van der Waals surface area contributed by atoms with E-state index in [0.717, 1.165) is 32.5 Å². The third-order valence-electron chi connectivity index (χ3n) is 3.52. The van der Waals surface area contributed by atoms with E-state index in [2.05, 4.69) is 6.92 Å². The lowest BCUT2D eigenvalue weighted by molar-refractivity contribution is 0.0336. The molecule has 0 spiro atoms. The van der Waals surface area contributed by atoms with Gasteiger partial charge in [-0.25, -0.2) is 0 Å². The summed E-state index contributed by atoms with van der Waals surface area (Å²) < 4.78 is 11.3. The molecular weight excluding hydrogens is 214 g/mol. The molecule has 1 aliphatic heterocycles. The van der Waals surface area contributed by atoms with Gasteiger partial charge in [0.05, 0.1) is 12.2 Å². The second kappa shape index (κ2) is 8.90. The van der Waals surface area contributed by atoms with Gasteiger partial charge >= 0.3 is 0 Å². The summed E-state index contributed by atoms with van der Waals surface area (Å²) in [6, 6.07) is 0.191. The maximum atomic E-state index is 6.21. The van der Waals surface area contributed by atoms with Crippen LogP contribution in [0.1, 0.15) is 58.8 Å². The molecule has 3 atom stereocenters. The van der Waals surface area contributed by atoms with Crippen molar-refractivity contribution in [2.45, 2.75) is 77.0 Å². The lowest BCUT2D eigenvalue weighted by Crippen LogP contribution is -2.36. The van der Waals surface area contributed by atoms with Crippen LogP contribution in [-0.4, -0.2) is 31.5 Å². The fourth-order valence-electron chi connectivity index (χ4n) is 2.56. The number of hydrogen-bond acceptors (Lipinski definition) is 3. The molecule has 2 N–H and O–H groups in total. The summed E-state index contributed by atoms with van der Waals surface area (Å²) >= 11 is 0. The van der Waals surface area contributed by atoms with Crippen LogP contribution in [-0.2, 0) is 9.47 Å². The smallest absolute Gasteiger partial charge is 0.0725 e. The molecule has 3 nitrogen and oxygen atoms in total. The van der Waals surface area contributed by atoms with Crippen LogP contribution in [0.15, 0.2) is 0 Å². The van der Waals surface area contributed by atoms with E-state index in [0.29, 0.717) is 6.10 Å². The SMILES string of the molecule is CCCC(OCC)C(N)CCCC1CCCO1.